The highest BCUT2D eigenvalue weighted by Gasteiger charge is 2.32. The van der Waals surface area contributed by atoms with Gasteiger partial charge in [0.2, 0.25) is 5.89 Å². The van der Waals surface area contributed by atoms with E-state index in [1.54, 1.807) is 12.1 Å². The number of aromatic nitrogens is 2. The average molecular weight is 498 g/mol. The van der Waals surface area contributed by atoms with Gasteiger partial charge in [0.1, 0.15) is 29.2 Å². The number of alkyl halides is 3. The first-order chi connectivity index (χ1) is 17.2. The molecule has 0 fully saturated rings. The number of benzene rings is 3. The molecule has 0 aliphatic carbocycles. The highest BCUT2D eigenvalue weighted by molar-refractivity contribution is 5.82. The van der Waals surface area contributed by atoms with E-state index in [1.807, 2.05) is 0 Å². The Morgan fingerprint density at radius 2 is 1.72 bits per heavy atom. The summed E-state index contributed by atoms with van der Waals surface area (Å²) in [7, 11) is 0. The SMILES string of the molecule is O=c1c(-c2ccc(O)cc2)coc2cc(OCc3nnc(-c4cc(F)cc(C(F)(F)F)c4)o3)ccc12. The van der Waals surface area contributed by atoms with Crippen LogP contribution in [0.1, 0.15) is 11.5 Å². The molecular weight excluding hydrogens is 484 g/mol. The Balaban J connectivity index is 1.34. The van der Waals surface area contributed by atoms with Crippen LogP contribution in [0.3, 0.4) is 0 Å². The third-order valence-corrected chi connectivity index (χ3v) is 5.23. The fourth-order valence-electron chi connectivity index (χ4n) is 3.49. The summed E-state index contributed by atoms with van der Waals surface area (Å²) in [5, 5.41) is 17.1. The first-order valence-corrected chi connectivity index (χ1v) is 10.4. The molecule has 2 aromatic heterocycles. The summed E-state index contributed by atoms with van der Waals surface area (Å²) in [6.07, 6.45) is -3.43. The highest BCUT2D eigenvalue weighted by atomic mass is 19.4. The van der Waals surface area contributed by atoms with Crippen LogP contribution in [0.25, 0.3) is 33.6 Å². The zero-order valence-electron chi connectivity index (χ0n) is 18.0. The Kier molecular flexibility index (Phi) is 5.67. The van der Waals surface area contributed by atoms with Crippen molar-refractivity contribution in [3.05, 3.63) is 94.4 Å². The van der Waals surface area contributed by atoms with E-state index in [2.05, 4.69) is 10.2 Å². The van der Waals surface area contributed by atoms with E-state index in [-0.39, 0.29) is 40.7 Å². The van der Waals surface area contributed by atoms with Gasteiger partial charge in [0.05, 0.1) is 16.5 Å². The first-order valence-electron chi connectivity index (χ1n) is 10.4. The number of hydrogen-bond donors (Lipinski definition) is 1. The molecule has 0 bridgehead atoms. The van der Waals surface area contributed by atoms with Gasteiger partial charge in [-0.25, -0.2) is 4.39 Å². The molecule has 0 saturated carbocycles. The number of nitrogens with zero attached hydrogens (tertiary/aromatic N) is 2. The number of aromatic hydroxyl groups is 1. The van der Waals surface area contributed by atoms with Crippen molar-refractivity contribution in [1.29, 1.82) is 0 Å². The number of ether oxygens (including phenoxy) is 1. The minimum Gasteiger partial charge on any atom is -0.508 e. The molecule has 1 N–H and O–H groups in total. The molecule has 0 saturated heterocycles. The van der Waals surface area contributed by atoms with Crippen molar-refractivity contribution in [3.63, 3.8) is 0 Å². The van der Waals surface area contributed by atoms with Crippen molar-refractivity contribution < 1.29 is 36.2 Å². The molecular formula is C25H14F4N2O5. The summed E-state index contributed by atoms with van der Waals surface area (Å²) in [4.78, 5) is 12.9. The number of fused-ring (bicyclic) bond motifs is 1. The fourth-order valence-corrected chi connectivity index (χ4v) is 3.49. The molecule has 182 valence electrons. The van der Waals surface area contributed by atoms with Crippen LogP contribution in [-0.4, -0.2) is 15.3 Å². The Morgan fingerprint density at radius 3 is 2.47 bits per heavy atom. The van der Waals surface area contributed by atoms with E-state index in [0.717, 1.165) is 6.07 Å². The molecule has 0 unspecified atom stereocenters. The Labute approximate surface area is 199 Å². The van der Waals surface area contributed by atoms with Gasteiger partial charge in [0.15, 0.2) is 12.0 Å². The smallest absolute Gasteiger partial charge is 0.416 e. The minimum absolute atomic E-state index is 0.0629. The van der Waals surface area contributed by atoms with Gasteiger partial charge in [-0.05, 0) is 48.0 Å². The minimum atomic E-state index is -4.74. The molecule has 7 nitrogen and oxygen atoms in total. The number of hydrogen-bond acceptors (Lipinski definition) is 7. The molecule has 3 aromatic carbocycles. The van der Waals surface area contributed by atoms with Gasteiger partial charge in [-0.1, -0.05) is 12.1 Å². The number of phenols is 1. The van der Waals surface area contributed by atoms with Gasteiger partial charge in [-0.15, -0.1) is 10.2 Å². The first kappa shape index (κ1) is 23.1. The highest BCUT2D eigenvalue weighted by Crippen LogP contribution is 2.33. The fraction of sp³-hybridized carbons (Fsp3) is 0.0800. The summed E-state index contributed by atoms with van der Waals surface area (Å²) in [6, 6.07) is 12.6. The quantitative estimate of drug-likeness (QED) is 0.299. The molecule has 0 spiro atoms. The lowest BCUT2D eigenvalue weighted by molar-refractivity contribution is -0.137. The maximum Gasteiger partial charge on any atom is 0.416 e. The number of halogens is 4. The zero-order chi connectivity index (χ0) is 25.4. The third kappa shape index (κ3) is 4.63. The maximum atomic E-state index is 13.7. The monoisotopic (exact) mass is 498 g/mol. The van der Waals surface area contributed by atoms with Gasteiger partial charge in [-0.3, -0.25) is 4.79 Å². The second-order valence-corrected chi connectivity index (χ2v) is 7.70. The van der Waals surface area contributed by atoms with E-state index < -0.39 is 17.6 Å². The molecule has 0 amide bonds. The van der Waals surface area contributed by atoms with Gasteiger partial charge in [-0.2, -0.15) is 13.2 Å². The lowest BCUT2D eigenvalue weighted by Gasteiger charge is -2.07. The second-order valence-electron chi connectivity index (χ2n) is 7.70. The maximum absolute atomic E-state index is 13.7. The lowest BCUT2D eigenvalue weighted by atomic mass is 10.1. The van der Waals surface area contributed by atoms with Crippen molar-refractivity contribution in [3.8, 4) is 34.1 Å². The van der Waals surface area contributed by atoms with E-state index in [0.29, 0.717) is 34.4 Å². The van der Waals surface area contributed by atoms with Crippen molar-refractivity contribution >= 4 is 11.0 Å². The summed E-state index contributed by atoms with van der Waals surface area (Å²) in [5.41, 5.74) is -0.524. The summed E-state index contributed by atoms with van der Waals surface area (Å²) < 4.78 is 69.0. The van der Waals surface area contributed by atoms with Crippen molar-refractivity contribution in [2.45, 2.75) is 12.8 Å². The Bertz CT molecular complexity index is 1620. The van der Waals surface area contributed by atoms with E-state index in [9.17, 15) is 27.5 Å². The standard InChI is InChI=1S/C25H14F4N2O5/c26-16-8-14(7-15(9-16)25(27,28)29)24-31-30-22(36-24)12-34-18-5-6-19-21(10-18)35-11-20(23(19)33)13-1-3-17(32)4-2-13/h1-11,32H,12H2. The van der Waals surface area contributed by atoms with Crippen molar-refractivity contribution in [1.82, 2.24) is 10.2 Å². The van der Waals surface area contributed by atoms with Gasteiger partial charge < -0.3 is 18.7 Å². The predicted molar refractivity (Wildman–Crippen MR) is 119 cm³/mol. The van der Waals surface area contributed by atoms with Gasteiger partial charge in [0, 0.05) is 11.6 Å². The van der Waals surface area contributed by atoms with Gasteiger partial charge in [0.25, 0.3) is 5.89 Å². The largest absolute Gasteiger partial charge is 0.508 e. The van der Waals surface area contributed by atoms with Crippen LogP contribution in [0.15, 0.2) is 80.6 Å². The molecule has 0 aliphatic heterocycles. The van der Waals surface area contributed by atoms with Crippen molar-refractivity contribution in [2.24, 2.45) is 0 Å². The van der Waals surface area contributed by atoms with E-state index >= 15 is 0 Å². The van der Waals surface area contributed by atoms with Crippen LogP contribution in [0.2, 0.25) is 0 Å². The lowest BCUT2D eigenvalue weighted by Crippen LogP contribution is -2.05. The Hall–Kier alpha value is -4.67. The van der Waals surface area contributed by atoms with E-state index in [4.69, 9.17) is 13.6 Å². The topological polar surface area (TPSA) is 98.6 Å². The van der Waals surface area contributed by atoms with E-state index in [1.165, 1.54) is 36.6 Å². The Morgan fingerprint density at radius 1 is 0.944 bits per heavy atom. The average Bonchev–Trinajstić information content (AvgIpc) is 3.32. The molecule has 0 atom stereocenters. The predicted octanol–water partition coefficient (Wildman–Crippen LogP) is 5.95. The molecule has 5 aromatic rings. The van der Waals surface area contributed by atoms with Crippen LogP contribution in [0.5, 0.6) is 11.5 Å². The second kappa shape index (κ2) is 8.84. The zero-order valence-corrected chi connectivity index (χ0v) is 18.0. The molecule has 0 radical (unpaired) electrons. The number of rotatable bonds is 5. The molecule has 0 aliphatic rings. The molecule has 2 heterocycles. The van der Waals surface area contributed by atoms with Crippen LogP contribution in [-0.2, 0) is 12.8 Å². The summed E-state index contributed by atoms with van der Waals surface area (Å²) >= 11 is 0. The van der Waals surface area contributed by atoms with Crippen molar-refractivity contribution in [2.75, 3.05) is 0 Å². The number of phenolic OH excluding ortho intramolecular Hbond substituents is 1. The summed E-state index contributed by atoms with van der Waals surface area (Å²) in [6.45, 7) is -0.240. The molecule has 11 heteroatoms. The summed E-state index contributed by atoms with van der Waals surface area (Å²) in [5.74, 6) is -1.09. The van der Waals surface area contributed by atoms with Gasteiger partial charge >= 0.3 is 6.18 Å². The molecule has 5 rings (SSSR count). The van der Waals surface area contributed by atoms with Crippen LogP contribution >= 0.6 is 0 Å². The van der Waals surface area contributed by atoms with Crippen LogP contribution < -0.4 is 10.2 Å². The molecule has 36 heavy (non-hydrogen) atoms. The van der Waals surface area contributed by atoms with Crippen LogP contribution in [0, 0.1) is 5.82 Å². The van der Waals surface area contributed by atoms with Crippen LogP contribution in [0.4, 0.5) is 17.6 Å². The normalized spacial score (nSPS) is 11.7. The third-order valence-electron chi connectivity index (χ3n) is 5.23.